The van der Waals surface area contributed by atoms with E-state index in [2.05, 4.69) is 0 Å². The molecular weight excluding hydrogens is 257 g/mol. The maximum absolute atomic E-state index is 14.0. The summed E-state index contributed by atoms with van der Waals surface area (Å²) < 4.78 is 25.6. The average Bonchev–Trinajstić information content (AvgIpc) is 2.48. The smallest absolute Gasteiger partial charge is 0.169 e. The second kappa shape index (κ2) is 5.51. The van der Waals surface area contributed by atoms with Gasteiger partial charge in [0.2, 0.25) is 0 Å². The molecule has 2 aromatic rings. The fraction of sp³-hybridized carbons (Fsp3) is 0.250. The molecule has 1 heterocycles. The third kappa shape index (κ3) is 2.34. The number of rotatable bonds is 3. The van der Waals surface area contributed by atoms with Gasteiger partial charge in [-0.15, -0.1) is 0 Å². The van der Waals surface area contributed by atoms with Gasteiger partial charge in [0.25, 0.3) is 0 Å². The highest BCUT2D eigenvalue weighted by Crippen LogP contribution is 2.41. The minimum Gasteiger partial charge on any atom is -0.486 e. The monoisotopic (exact) mass is 273 g/mol. The summed E-state index contributed by atoms with van der Waals surface area (Å²) in [5, 5.41) is 0. The first-order valence-electron chi connectivity index (χ1n) is 6.67. The summed E-state index contributed by atoms with van der Waals surface area (Å²) >= 11 is 0. The van der Waals surface area contributed by atoms with E-state index in [1.807, 2.05) is 18.2 Å². The van der Waals surface area contributed by atoms with Gasteiger partial charge >= 0.3 is 0 Å². The summed E-state index contributed by atoms with van der Waals surface area (Å²) in [6, 6.07) is 12.2. The molecule has 0 radical (unpaired) electrons. The van der Waals surface area contributed by atoms with Crippen molar-refractivity contribution in [3.63, 3.8) is 0 Å². The number of ether oxygens (including phenoxy) is 2. The lowest BCUT2D eigenvalue weighted by molar-refractivity contribution is 0.0873. The Balaban J connectivity index is 2.04. The second-order valence-corrected chi connectivity index (χ2v) is 4.74. The van der Waals surface area contributed by atoms with Gasteiger partial charge in [0, 0.05) is 11.1 Å². The molecular formula is C16H16FNO2. The SMILES string of the molecule is NCCC1COc2cccc(-c3ccccc3F)c2O1. The number of fused-ring (bicyclic) bond motifs is 1. The highest BCUT2D eigenvalue weighted by atomic mass is 19.1. The number of halogens is 1. The van der Waals surface area contributed by atoms with Gasteiger partial charge in [-0.1, -0.05) is 30.3 Å². The first-order valence-corrected chi connectivity index (χ1v) is 6.67. The molecule has 3 nitrogen and oxygen atoms in total. The molecule has 104 valence electrons. The third-order valence-electron chi connectivity index (χ3n) is 3.34. The van der Waals surface area contributed by atoms with Crippen LogP contribution in [-0.4, -0.2) is 19.3 Å². The molecule has 4 heteroatoms. The van der Waals surface area contributed by atoms with Crippen molar-refractivity contribution in [3.05, 3.63) is 48.3 Å². The minimum absolute atomic E-state index is 0.0829. The summed E-state index contributed by atoms with van der Waals surface area (Å²) in [4.78, 5) is 0. The molecule has 0 aliphatic carbocycles. The molecule has 0 aromatic heterocycles. The molecule has 3 rings (SSSR count). The van der Waals surface area contributed by atoms with E-state index < -0.39 is 0 Å². The Kier molecular flexibility index (Phi) is 3.56. The fourth-order valence-corrected chi connectivity index (χ4v) is 2.35. The van der Waals surface area contributed by atoms with Crippen LogP contribution in [0.4, 0.5) is 4.39 Å². The topological polar surface area (TPSA) is 44.5 Å². The van der Waals surface area contributed by atoms with Crippen molar-refractivity contribution >= 4 is 0 Å². The number of nitrogens with two attached hydrogens (primary N) is 1. The van der Waals surface area contributed by atoms with Crippen molar-refractivity contribution in [1.29, 1.82) is 0 Å². The molecule has 0 spiro atoms. The first-order chi connectivity index (χ1) is 9.79. The molecule has 2 aromatic carbocycles. The van der Waals surface area contributed by atoms with E-state index in [4.69, 9.17) is 15.2 Å². The van der Waals surface area contributed by atoms with Gasteiger partial charge in [-0.25, -0.2) is 4.39 Å². The van der Waals surface area contributed by atoms with Crippen molar-refractivity contribution < 1.29 is 13.9 Å². The highest BCUT2D eigenvalue weighted by molar-refractivity contribution is 5.74. The summed E-state index contributed by atoms with van der Waals surface area (Å²) in [5.74, 6) is 0.978. The lowest BCUT2D eigenvalue weighted by Crippen LogP contribution is -2.31. The standard InChI is InChI=1S/C16H16FNO2/c17-14-6-2-1-4-12(14)13-5-3-7-15-16(13)20-11(8-9-18)10-19-15/h1-7,11H,8-10,18H2. The molecule has 1 aliphatic rings. The zero-order chi connectivity index (χ0) is 13.9. The predicted octanol–water partition coefficient (Wildman–Crippen LogP) is 2.98. The van der Waals surface area contributed by atoms with Crippen molar-refractivity contribution in [1.82, 2.24) is 0 Å². The molecule has 0 saturated carbocycles. The number of hydrogen-bond donors (Lipinski definition) is 1. The Morgan fingerprint density at radius 1 is 1.10 bits per heavy atom. The largest absolute Gasteiger partial charge is 0.486 e. The Hall–Kier alpha value is -2.07. The first kappa shape index (κ1) is 12.9. The number of benzene rings is 2. The second-order valence-electron chi connectivity index (χ2n) is 4.74. The van der Waals surface area contributed by atoms with Crippen LogP contribution >= 0.6 is 0 Å². The van der Waals surface area contributed by atoms with Gasteiger partial charge < -0.3 is 15.2 Å². The summed E-state index contributed by atoms with van der Waals surface area (Å²) in [7, 11) is 0. The van der Waals surface area contributed by atoms with E-state index in [0.717, 1.165) is 0 Å². The lowest BCUT2D eigenvalue weighted by Gasteiger charge is -2.28. The van der Waals surface area contributed by atoms with Gasteiger partial charge in [-0.05, 0) is 25.1 Å². The van der Waals surface area contributed by atoms with E-state index in [1.54, 1.807) is 18.2 Å². The lowest BCUT2D eigenvalue weighted by atomic mass is 10.0. The van der Waals surface area contributed by atoms with Crippen LogP contribution in [0, 0.1) is 5.82 Å². The van der Waals surface area contributed by atoms with Crippen LogP contribution in [0.3, 0.4) is 0 Å². The van der Waals surface area contributed by atoms with E-state index in [9.17, 15) is 4.39 Å². The molecule has 1 unspecified atom stereocenters. The highest BCUT2D eigenvalue weighted by Gasteiger charge is 2.24. The third-order valence-corrected chi connectivity index (χ3v) is 3.34. The summed E-state index contributed by atoms with van der Waals surface area (Å²) in [6.45, 7) is 1.01. The van der Waals surface area contributed by atoms with Crippen LogP contribution in [0.15, 0.2) is 42.5 Å². The molecule has 0 saturated heterocycles. The minimum atomic E-state index is -0.273. The maximum atomic E-state index is 14.0. The summed E-state index contributed by atoms with van der Waals surface area (Å²) in [5.41, 5.74) is 6.78. The Morgan fingerprint density at radius 2 is 1.90 bits per heavy atom. The number of hydrogen-bond acceptors (Lipinski definition) is 3. The van der Waals surface area contributed by atoms with Crippen molar-refractivity contribution in [2.75, 3.05) is 13.2 Å². The van der Waals surface area contributed by atoms with Crippen molar-refractivity contribution in [3.8, 4) is 22.6 Å². The Labute approximate surface area is 117 Å². The predicted molar refractivity (Wildman–Crippen MR) is 75.4 cm³/mol. The van der Waals surface area contributed by atoms with Crippen LogP contribution < -0.4 is 15.2 Å². The molecule has 2 N–H and O–H groups in total. The molecule has 1 atom stereocenters. The molecule has 0 fully saturated rings. The van der Waals surface area contributed by atoms with Crippen LogP contribution in [0.2, 0.25) is 0 Å². The van der Waals surface area contributed by atoms with E-state index in [1.165, 1.54) is 6.07 Å². The summed E-state index contributed by atoms with van der Waals surface area (Å²) in [6.07, 6.45) is 0.630. The van der Waals surface area contributed by atoms with Gasteiger partial charge in [-0.3, -0.25) is 0 Å². The Bertz CT molecular complexity index is 615. The van der Waals surface area contributed by atoms with Crippen molar-refractivity contribution in [2.45, 2.75) is 12.5 Å². The average molecular weight is 273 g/mol. The van der Waals surface area contributed by atoms with Crippen LogP contribution in [0.25, 0.3) is 11.1 Å². The van der Waals surface area contributed by atoms with Crippen LogP contribution in [-0.2, 0) is 0 Å². The van der Waals surface area contributed by atoms with Gasteiger partial charge in [0.15, 0.2) is 11.5 Å². The normalized spacial score (nSPS) is 17.0. The molecule has 0 bridgehead atoms. The fourth-order valence-electron chi connectivity index (χ4n) is 2.35. The van der Waals surface area contributed by atoms with Crippen LogP contribution in [0.1, 0.15) is 6.42 Å². The molecule has 20 heavy (non-hydrogen) atoms. The zero-order valence-electron chi connectivity index (χ0n) is 11.0. The Morgan fingerprint density at radius 3 is 2.70 bits per heavy atom. The quantitative estimate of drug-likeness (QED) is 0.935. The van der Waals surface area contributed by atoms with E-state index >= 15 is 0 Å². The van der Waals surface area contributed by atoms with Gasteiger partial charge in [-0.2, -0.15) is 0 Å². The maximum Gasteiger partial charge on any atom is 0.169 e. The van der Waals surface area contributed by atoms with Crippen molar-refractivity contribution in [2.24, 2.45) is 5.73 Å². The van der Waals surface area contributed by atoms with Gasteiger partial charge in [0.1, 0.15) is 18.5 Å². The molecule has 0 amide bonds. The van der Waals surface area contributed by atoms with E-state index in [0.29, 0.717) is 42.2 Å². The van der Waals surface area contributed by atoms with Crippen LogP contribution in [0.5, 0.6) is 11.5 Å². The van der Waals surface area contributed by atoms with E-state index in [-0.39, 0.29) is 11.9 Å². The molecule has 1 aliphatic heterocycles. The van der Waals surface area contributed by atoms with Gasteiger partial charge in [0.05, 0.1) is 0 Å². The zero-order valence-corrected chi connectivity index (χ0v) is 11.0. The number of para-hydroxylation sites is 1.